The summed E-state index contributed by atoms with van der Waals surface area (Å²) in [7, 11) is 0. The van der Waals surface area contributed by atoms with Crippen LogP contribution >= 0.6 is 0 Å². The van der Waals surface area contributed by atoms with Crippen molar-refractivity contribution < 1.29 is 9.53 Å². The predicted octanol–water partition coefficient (Wildman–Crippen LogP) is 5.13. The Balaban J connectivity index is 1.60. The molecule has 0 aromatic rings. The van der Waals surface area contributed by atoms with Gasteiger partial charge in [-0.1, -0.05) is 26.0 Å². The maximum atomic E-state index is 11.5. The van der Waals surface area contributed by atoms with Gasteiger partial charge >= 0.3 is 5.97 Å². The van der Waals surface area contributed by atoms with Crippen LogP contribution in [-0.2, 0) is 9.53 Å². The summed E-state index contributed by atoms with van der Waals surface area (Å²) in [6, 6.07) is 0. The van der Waals surface area contributed by atoms with E-state index in [-0.39, 0.29) is 17.5 Å². The summed E-state index contributed by atoms with van der Waals surface area (Å²) in [6.45, 7) is 6.58. The van der Waals surface area contributed by atoms with E-state index in [1.807, 2.05) is 0 Å². The average molecular weight is 316 g/mol. The third-order valence-corrected chi connectivity index (χ3v) is 8.38. The second-order valence-corrected chi connectivity index (χ2v) is 9.25. The molecule has 0 heterocycles. The van der Waals surface area contributed by atoms with Gasteiger partial charge in [0.2, 0.25) is 0 Å². The Morgan fingerprint density at radius 1 is 1.00 bits per heavy atom. The molecule has 4 aliphatic rings. The van der Waals surface area contributed by atoms with Gasteiger partial charge in [0.1, 0.15) is 6.10 Å². The highest BCUT2D eigenvalue weighted by Gasteiger charge is 2.60. The van der Waals surface area contributed by atoms with E-state index in [2.05, 4.69) is 26.0 Å². The molecule has 0 spiro atoms. The first-order valence-corrected chi connectivity index (χ1v) is 9.79. The molecule has 0 aromatic carbocycles. The van der Waals surface area contributed by atoms with Crippen LogP contribution < -0.4 is 0 Å². The van der Waals surface area contributed by atoms with E-state index in [1.54, 1.807) is 6.92 Å². The van der Waals surface area contributed by atoms with E-state index in [1.165, 1.54) is 44.9 Å². The molecule has 0 aromatic heterocycles. The molecule has 3 fully saturated rings. The van der Waals surface area contributed by atoms with Crippen molar-refractivity contribution in [2.75, 3.05) is 0 Å². The monoisotopic (exact) mass is 316 g/mol. The molecule has 0 radical (unpaired) electrons. The number of carbonyl (C=O) groups excluding carboxylic acids is 1. The lowest BCUT2D eigenvalue weighted by Gasteiger charge is -2.59. The first kappa shape index (κ1) is 15.7. The van der Waals surface area contributed by atoms with Crippen molar-refractivity contribution in [1.29, 1.82) is 0 Å². The summed E-state index contributed by atoms with van der Waals surface area (Å²) in [5, 5.41) is 0. The summed E-state index contributed by atoms with van der Waals surface area (Å²) in [6.07, 6.45) is 15.5. The number of fused-ring (bicyclic) bond motifs is 5. The average Bonchev–Trinajstić information content (AvgIpc) is 2.83. The van der Waals surface area contributed by atoms with Gasteiger partial charge in [-0.2, -0.15) is 0 Å². The number of ether oxygens (including phenoxy) is 1. The number of allylic oxidation sites excluding steroid dienone is 2. The molecule has 3 saturated carbocycles. The first-order chi connectivity index (χ1) is 10.9. The molecule has 0 aliphatic heterocycles. The Hall–Kier alpha value is -0.790. The van der Waals surface area contributed by atoms with Crippen molar-refractivity contribution in [3.8, 4) is 0 Å². The van der Waals surface area contributed by atoms with Gasteiger partial charge in [-0.15, -0.1) is 0 Å². The van der Waals surface area contributed by atoms with Crippen LogP contribution in [0.3, 0.4) is 0 Å². The van der Waals surface area contributed by atoms with E-state index in [9.17, 15) is 4.79 Å². The molecule has 23 heavy (non-hydrogen) atoms. The fourth-order valence-corrected chi connectivity index (χ4v) is 7.17. The van der Waals surface area contributed by atoms with E-state index >= 15 is 0 Å². The lowest BCUT2D eigenvalue weighted by molar-refractivity contribution is -0.159. The van der Waals surface area contributed by atoms with Gasteiger partial charge in [-0.05, 0) is 80.5 Å². The number of carbonyl (C=O) groups is 1. The van der Waals surface area contributed by atoms with Gasteiger partial charge in [0.15, 0.2) is 0 Å². The lowest BCUT2D eigenvalue weighted by Crippen LogP contribution is -2.53. The van der Waals surface area contributed by atoms with Gasteiger partial charge in [0, 0.05) is 12.3 Å². The van der Waals surface area contributed by atoms with E-state index < -0.39 is 0 Å². The van der Waals surface area contributed by atoms with Crippen molar-refractivity contribution in [2.24, 2.45) is 34.5 Å². The summed E-state index contributed by atoms with van der Waals surface area (Å²) < 4.78 is 5.75. The normalized spacial score (nSPS) is 51.5. The largest absolute Gasteiger partial charge is 0.462 e. The second-order valence-electron chi connectivity index (χ2n) is 9.25. The number of hydrogen-bond donors (Lipinski definition) is 0. The molecule has 2 nitrogen and oxygen atoms in total. The van der Waals surface area contributed by atoms with E-state index in [0.717, 1.165) is 30.1 Å². The maximum absolute atomic E-state index is 11.5. The van der Waals surface area contributed by atoms with Crippen molar-refractivity contribution >= 4 is 5.97 Å². The van der Waals surface area contributed by atoms with Crippen LogP contribution in [0.25, 0.3) is 0 Å². The Bertz CT molecular complexity index is 524. The molecule has 1 unspecified atom stereocenters. The zero-order valence-corrected chi connectivity index (χ0v) is 15.0. The van der Waals surface area contributed by atoms with Gasteiger partial charge < -0.3 is 4.74 Å². The molecule has 4 rings (SSSR count). The highest BCUT2D eigenvalue weighted by molar-refractivity contribution is 5.66. The zero-order valence-electron chi connectivity index (χ0n) is 15.0. The van der Waals surface area contributed by atoms with Gasteiger partial charge in [-0.3, -0.25) is 4.79 Å². The molecule has 2 heteroatoms. The van der Waals surface area contributed by atoms with Crippen molar-refractivity contribution in [3.63, 3.8) is 0 Å². The van der Waals surface area contributed by atoms with Crippen LogP contribution in [0.2, 0.25) is 0 Å². The number of esters is 1. The van der Waals surface area contributed by atoms with Crippen molar-refractivity contribution in [1.82, 2.24) is 0 Å². The van der Waals surface area contributed by atoms with Crippen molar-refractivity contribution in [3.05, 3.63) is 12.2 Å². The highest BCUT2D eigenvalue weighted by Crippen LogP contribution is 2.65. The fraction of sp³-hybridized carbons (Fsp3) is 0.857. The summed E-state index contributed by atoms with van der Waals surface area (Å²) >= 11 is 0. The van der Waals surface area contributed by atoms with Crippen LogP contribution in [0.4, 0.5) is 0 Å². The Kier molecular flexibility index (Phi) is 3.66. The zero-order chi connectivity index (χ0) is 16.2. The van der Waals surface area contributed by atoms with E-state index in [0.29, 0.717) is 5.41 Å². The third kappa shape index (κ3) is 2.23. The lowest BCUT2D eigenvalue weighted by atomic mass is 9.46. The third-order valence-electron chi connectivity index (χ3n) is 8.38. The molecule has 0 amide bonds. The summed E-state index contributed by atoms with van der Waals surface area (Å²) in [5.41, 5.74) is 0.763. The van der Waals surface area contributed by atoms with Crippen molar-refractivity contribution in [2.45, 2.75) is 78.2 Å². The van der Waals surface area contributed by atoms with Crippen LogP contribution in [0, 0.1) is 34.5 Å². The molecule has 128 valence electrons. The number of hydrogen-bond acceptors (Lipinski definition) is 2. The molecular formula is C21H32O2. The second kappa shape index (κ2) is 5.36. The van der Waals surface area contributed by atoms with E-state index in [4.69, 9.17) is 4.74 Å². The Morgan fingerprint density at radius 2 is 1.78 bits per heavy atom. The molecular weight excluding hydrogens is 284 g/mol. The van der Waals surface area contributed by atoms with Gasteiger partial charge in [-0.25, -0.2) is 0 Å². The minimum absolute atomic E-state index is 0.0907. The van der Waals surface area contributed by atoms with Gasteiger partial charge in [0.25, 0.3) is 0 Å². The standard InChI is InChI=1S/C21H32O2/c1-14(22)23-19-10-9-17-16-8-7-15-6-4-5-12-20(15,2)18(16)11-13-21(17,19)3/h4,6,15-19H,5,7-13H2,1-3H3/t15?,16-,17-,18-,19-,20-,21-/m0/s1. The smallest absolute Gasteiger partial charge is 0.302 e. The molecule has 7 atom stereocenters. The fourth-order valence-electron chi connectivity index (χ4n) is 7.17. The first-order valence-electron chi connectivity index (χ1n) is 9.79. The highest BCUT2D eigenvalue weighted by atomic mass is 16.5. The minimum Gasteiger partial charge on any atom is -0.462 e. The van der Waals surface area contributed by atoms with Crippen LogP contribution in [-0.4, -0.2) is 12.1 Å². The van der Waals surface area contributed by atoms with Gasteiger partial charge in [0.05, 0.1) is 0 Å². The van der Waals surface area contributed by atoms with Crippen LogP contribution in [0.5, 0.6) is 0 Å². The maximum Gasteiger partial charge on any atom is 0.302 e. The van der Waals surface area contributed by atoms with Crippen LogP contribution in [0.1, 0.15) is 72.1 Å². The predicted molar refractivity (Wildman–Crippen MR) is 91.8 cm³/mol. The molecule has 4 aliphatic carbocycles. The molecule has 0 N–H and O–H groups in total. The summed E-state index contributed by atoms with van der Waals surface area (Å²) in [4.78, 5) is 11.5. The van der Waals surface area contributed by atoms with Crippen LogP contribution in [0.15, 0.2) is 12.2 Å². The quantitative estimate of drug-likeness (QED) is 0.495. The Morgan fingerprint density at radius 3 is 2.57 bits per heavy atom. The minimum atomic E-state index is -0.0907. The molecule has 0 saturated heterocycles. The molecule has 0 bridgehead atoms. The SMILES string of the molecule is CC(=O)O[C@H]1CC[C@H]2[C@@H]3CCC4C=CCC[C@]4(C)[C@H]3CC[C@]12C. The topological polar surface area (TPSA) is 26.3 Å². The summed E-state index contributed by atoms with van der Waals surface area (Å²) in [5.74, 6) is 3.25. The number of rotatable bonds is 1. The Labute approximate surface area is 141 Å².